The van der Waals surface area contributed by atoms with Crippen LogP contribution in [0.15, 0.2) is 24.5 Å². The third-order valence-electron chi connectivity index (χ3n) is 3.22. The minimum Gasteiger partial charge on any atom is -0.445 e. The second-order valence-electron chi connectivity index (χ2n) is 7.50. The van der Waals surface area contributed by atoms with Gasteiger partial charge in [0.25, 0.3) is 0 Å². The Labute approximate surface area is 132 Å². The topological polar surface area (TPSA) is 68.3 Å². The van der Waals surface area contributed by atoms with Gasteiger partial charge in [-0.25, -0.2) is 4.79 Å². The molecule has 0 aliphatic carbocycles. The maximum absolute atomic E-state index is 12.5. The number of carbonyl (C=O) groups excluding carboxylic acids is 2. The molecule has 1 heterocycles. The molecule has 5 heteroatoms. The number of ether oxygens (including phenoxy) is 1. The van der Waals surface area contributed by atoms with E-state index >= 15 is 0 Å². The number of aromatic nitrogens is 1. The van der Waals surface area contributed by atoms with Crippen molar-refractivity contribution in [2.75, 3.05) is 0 Å². The number of amides is 1. The van der Waals surface area contributed by atoms with E-state index in [1.54, 1.807) is 18.5 Å². The normalized spacial score (nSPS) is 13.4. The molecule has 0 fully saturated rings. The second-order valence-corrected chi connectivity index (χ2v) is 7.50. The van der Waals surface area contributed by atoms with Crippen molar-refractivity contribution in [3.63, 3.8) is 0 Å². The van der Waals surface area contributed by atoms with E-state index in [1.165, 1.54) is 0 Å². The number of rotatable bonds is 4. The van der Waals surface area contributed by atoms with E-state index in [9.17, 15) is 9.59 Å². The lowest BCUT2D eigenvalue weighted by molar-refractivity contribution is -0.130. The number of pyridine rings is 1. The average molecular weight is 306 g/mol. The Morgan fingerprint density at radius 2 is 1.86 bits per heavy atom. The summed E-state index contributed by atoms with van der Waals surface area (Å²) in [4.78, 5) is 28.5. The molecule has 122 valence electrons. The smallest absolute Gasteiger partial charge is 0.408 e. The minimum absolute atomic E-state index is 0.0154. The number of Topliss-reactive ketones (excluding diaryl/α,β-unsaturated/α-hetero) is 1. The van der Waals surface area contributed by atoms with Gasteiger partial charge in [0.05, 0.1) is 6.04 Å². The van der Waals surface area contributed by atoms with Gasteiger partial charge in [0.1, 0.15) is 6.61 Å². The van der Waals surface area contributed by atoms with Crippen molar-refractivity contribution in [3.8, 4) is 0 Å². The van der Waals surface area contributed by atoms with Gasteiger partial charge in [0.2, 0.25) is 0 Å². The lowest BCUT2D eigenvalue weighted by atomic mass is 9.76. The maximum atomic E-state index is 12.5. The molecule has 0 saturated heterocycles. The molecule has 0 aliphatic heterocycles. The first-order valence-electron chi connectivity index (χ1n) is 7.38. The van der Waals surface area contributed by atoms with Gasteiger partial charge in [0, 0.05) is 23.4 Å². The zero-order chi connectivity index (χ0) is 17.0. The zero-order valence-electron chi connectivity index (χ0n) is 14.3. The van der Waals surface area contributed by atoms with Crippen LogP contribution in [0.25, 0.3) is 0 Å². The van der Waals surface area contributed by atoms with E-state index < -0.39 is 23.0 Å². The molecule has 0 spiro atoms. The summed E-state index contributed by atoms with van der Waals surface area (Å²) in [5.41, 5.74) is -0.126. The third kappa shape index (κ3) is 5.47. The van der Waals surface area contributed by atoms with E-state index in [4.69, 9.17) is 4.74 Å². The average Bonchev–Trinajstić information content (AvgIpc) is 2.40. The second kappa shape index (κ2) is 6.90. The number of nitrogens with zero attached hydrogens (tertiary/aromatic N) is 1. The standard InChI is InChI=1S/C17H26N2O3/c1-16(2,3)13(14(20)17(4,5)6)19-15(21)22-11-12-8-7-9-18-10-12/h7-10,13H,11H2,1-6H3,(H,19,21). The van der Waals surface area contributed by atoms with Crippen LogP contribution >= 0.6 is 0 Å². The Kier molecular flexibility index (Phi) is 5.69. The minimum atomic E-state index is -0.603. The summed E-state index contributed by atoms with van der Waals surface area (Å²) < 4.78 is 5.17. The lowest BCUT2D eigenvalue weighted by Gasteiger charge is -2.34. The monoisotopic (exact) mass is 306 g/mol. The van der Waals surface area contributed by atoms with E-state index in [2.05, 4.69) is 10.3 Å². The van der Waals surface area contributed by atoms with Crippen molar-refractivity contribution < 1.29 is 14.3 Å². The highest BCUT2D eigenvalue weighted by atomic mass is 16.5. The first kappa shape index (κ1) is 18.1. The summed E-state index contributed by atoms with van der Waals surface area (Å²) in [6, 6.07) is 2.99. The van der Waals surface area contributed by atoms with Gasteiger partial charge in [-0.2, -0.15) is 0 Å². The van der Waals surface area contributed by atoms with Gasteiger partial charge >= 0.3 is 6.09 Å². The summed E-state index contributed by atoms with van der Waals surface area (Å²) in [6.07, 6.45) is 2.69. The van der Waals surface area contributed by atoms with Crippen LogP contribution in [-0.2, 0) is 16.1 Å². The summed E-state index contributed by atoms with van der Waals surface area (Å²) >= 11 is 0. The van der Waals surface area contributed by atoms with Crippen molar-refractivity contribution in [2.24, 2.45) is 10.8 Å². The molecule has 0 aromatic carbocycles. The summed E-state index contributed by atoms with van der Waals surface area (Å²) in [7, 11) is 0. The number of ketones is 1. The predicted molar refractivity (Wildman–Crippen MR) is 85.3 cm³/mol. The number of nitrogens with one attached hydrogen (secondary N) is 1. The van der Waals surface area contributed by atoms with E-state index in [1.807, 2.05) is 47.6 Å². The maximum Gasteiger partial charge on any atom is 0.408 e. The van der Waals surface area contributed by atoms with Crippen LogP contribution in [0, 0.1) is 10.8 Å². The van der Waals surface area contributed by atoms with Crippen LogP contribution in [0.2, 0.25) is 0 Å². The molecule has 1 amide bonds. The number of alkyl carbamates (subject to hydrolysis) is 1. The highest BCUT2D eigenvalue weighted by molar-refractivity contribution is 5.91. The van der Waals surface area contributed by atoms with Gasteiger partial charge in [-0.15, -0.1) is 0 Å². The van der Waals surface area contributed by atoms with Crippen molar-refractivity contribution >= 4 is 11.9 Å². The Hall–Kier alpha value is -1.91. The van der Waals surface area contributed by atoms with Crippen LogP contribution < -0.4 is 5.32 Å². The number of hydrogen-bond acceptors (Lipinski definition) is 4. The Morgan fingerprint density at radius 1 is 1.23 bits per heavy atom. The quantitative estimate of drug-likeness (QED) is 0.926. The van der Waals surface area contributed by atoms with Crippen molar-refractivity contribution in [1.82, 2.24) is 10.3 Å². The molecular weight excluding hydrogens is 280 g/mol. The highest BCUT2D eigenvalue weighted by Crippen LogP contribution is 2.27. The molecule has 0 aliphatic rings. The van der Waals surface area contributed by atoms with E-state index in [0.29, 0.717) is 0 Å². The number of hydrogen-bond donors (Lipinski definition) is 1. The Morgan fingerprint density at radius 3 is 2.32 bits per heavy atom. The third-order valence-corrected chi connectivity index (χ3v) is 3.22. The van der Waals surface area contributed by atoms with Gasteiger partial charge in [-0.05, 0) is 11.5 Å². The van der Waals surface area contributed by atoms with E-state index in [0.717, 1.165) is 5.56 Å². The van der Waals surface area contributed by atoms with Crippen molar-refractivity contribution in [1.29, 1.82) is 0 Å². The molecule has 5 nitrogen and oxygen atoms in total. The summed E-state index contributed by atoms with van der Waals surface area (Å²) in [5, 5.41) is 2.70. The van der Waals surface area contributed by atoms with Crippen LogP contribution in [0.4, 0.5) is 4.79 Å². The molecule has 0 saturated carbocycles. The van der Waals surface area contributed by atoms with Gasteiger partial charge < -0.3 is 10.1 Å². The van der Waals surface area contributed by atoms with Crippen LogP contribution in [0.3, 0.4) is 0 Å². The molecule has 22 heavy (non-hydrogen) atoms. The van der Waals surface area contributed by atoms with Gasteiger partial charge in [0.15, 0.2) is 5.78 Å². The fraction of sp³-hybridized carbons (Fsp3) is 0.588. The molecule has 1 aromatic heterocycles. The summed E-state index contributed by atoms with van der Waals surface area (Å²) in [6.45, 7) is 11.4. The van der Waals surface area contributed by atoms with Gasteiger partial charge in [-0.1, -0.05) is 47.6 Å². The summed E-state index contributed by atoms with van der Waals surface area (Å²) in [5.74, 6) is -0.0154. The molecule has 0 radical (unpaired) electrons. The Bertz CT molecular complexity index is 513. The largest absolute Gasteiger partial charge is 0.445 e. The van der Waals surface area contributed by atoms with Crippen LogP contribution in [0.5, 0.6) is 0 Å². The first-order chi connectivity index (χ1) is 10.0. The fourth-order valence-corrected chi connectivity index (χ4v) is 1.90. The predicted octanol–water partition coefficient (Wildman–Crippen LogP) is 3.34. The van der Waals surface area contributed by atoms with Crippen molar-refractivity contribution in [3.05, 3.63) is 30.1 Å². The molecular formula is C17H26N2O3. The first-order valence-corrected chi connectivity index (χ1v) is 7.38. The Balaban J connectivity index is 2.70. The molecule has 1 atom stereocenters. The van der Waals surface area contributed by atoms with Crippen LogP contribution in [-0.4, -0.2) is 22.9 Å². The molecule has 1 unspecified atom stereocenters. The van der Waals surface area contributed by atoms with Gasteiger partial charge in [-0.3, -0.25) is 9.78 Å². The molecule has 1 aromatic rings. The highest BCUT2D eigenvalue weighted by Gasteiger charge is 2.38. The number of carbonyl (C=O) groups is 2. The molecule has 0 bridgehead atoms. The van der Waals surface area contributed by atoms with E-state index in [-0.39, 0.29) is 12.4 Å². The SMILES string of the molecule is CC(C)(C)C(=O)C(NC(=O)OCc1cccnc1)C(C)(C)C. The van der Waals surface area contributed by atoms with Crippen molar-refractivity contribution in [2.45, 2.75) is 54.2 Å². The molecule has 1 N–H and O–H groups in total. The lowest BCUT2D eigenvalue weighted by Crippen LogP contribution is -2.52. The fourth-order valence-electron chi connectivity index (χ4n) is 1.90. The molecule has 1 rings (SSSR count). The zero-order valence-corrected chi connectivity index (χ0v) is 14.3. The van der Waals surface area contributed by atoms with Crippen LogP contribution in [0.1, 0.15) is 47.1 Å².